The van der Waals surface area contributed by atoms with E-state index in [0.717, 1.165) is 5.56 Å². The van der Waals surface area contributed by atoms with Gasteiger partial charge >= 0.3 is 6.09 Å². The highest BCUT2D eigenvalue weighted by atomic mass is 16.6. The highest BCUT2D eigenvalue weighted by Crippen LogP contribution is 2.06. The second kappa shape index (κ2) is 9.82. The van der Waals surface area contributed by atoms with Crippen LogP contribution in [0.5, 0.6) is 0 Å². The van der Waals surface area contributed by atoms with Gasteiger partial charge in [-0.05, 0) is 39.8 Å². The van der Waals surface area contributed by atoms with Crippen LogP contribution in [0.15, 0.2) is 24.3 Å². The average molecular weight is 308 g/mol. The van der Waals surface area contributed by atoms with Crippen molar-refractivity contribution >= 4 is 12.0 Å². The molecule has 0 fully saturated rings. The van der Waals surface area contributed by atoms with Gasteiger partial charge in [0.15, 0.2) is 0 Å². The van der Waals surface area contributed by atoms with E-state index in [1.165, 1.54) is 0 Å². The molecule has 1 aromatic carbocycles. The maximum Gasteiger partial charge on any atom is 0.407 e. The molecule has 22 heavy (non-hydrogen) atoms. The van der Waals surface area contributed by atoms with Crippen molar-refractivity contribution in [2.45, 2.75) is 47.1 Å². The van der Waals surface area contributed by atoms with E-state index in [-0.39, 0.29) is 5.91 Å². The minimum atomic E-state index is -0.519. The SMILES string of the molecule is CC.Cc1ccc(C(=O)NCCNC(=O)OC(C)(C)C)cc1. The van der Waals surface area contributed by atoms with Crippen molar-refractivity contribution < 1.29 is 14.3 Å². The maximum absolute atomic E-state index is 11.8. The summed E-state index contributed by atoms with van der Waals surface area (Å²) in [6, 6.07) is 7.31. The van der Waals surface area contributed by atoms with E-state index in [9.17, 15) is 9.59 Å². The summed E-state index contributed by atoms with van der Waals surface area (Å²) in [5.41, 5.74) is 1.19. The number of rotatable bonds is 4. The van der Waals surface area contributed by atoms with Gasteiger partial charge in [0.05, 0.1) is 0 Å². The number of carbonyl (C=O) groups is 2. The Balaban J connectivity index is 0.00000211. The van der Waals surface area contributed by atoms with Crippen molar-refractivity contribution in [3.63, 3.8) is 0 Å². The van der Waals surface area contributed by atoms with Crippen molar-refractivity contribution in [2.75, 3.05) is 13.1 Å². The van der Waals surface area contributed by atoms with Gasteiger partial charge in [-0.3, -0.25) is 4.79 Å². The van der Waals surface area contributed by atoms with Crippen LogP contribution in [0, 0.1) is 6.92 Å². The van der Waals surface area contributed by atoms with Crippen molar-refractivity contribution in [3.05, 3.63) is 35.4 Å². The fraction of sp³-hybridized carbons (Fsp3) is 0.529. The van der Waals surface area contributed by atoms with Gasteiger partial charge in [0.2, 0.25) is 0 Å². The zero-order valence-corrected chi connectivity index (χ0v) is 14.4. The van der Waals surface area contributed by atoms with Crippen LogP contribution in [0.4, 0.5) is 4.79 Å². The molecule has 0 spiro atoms. The van der Waals surface area contributed by atoms with Crippen LogP contribution >= 0.6 is 0 Å². The zero-order chi connectivity index (χ0) is 17.2. The molecule has 5 heteroatoms. The number of nitrogens with one attached hydrogen (secondary N) is 2. The van der Waals surface area contributed by atoms with Gasteiger partial charge in [0.25, 0.3) is 5.91 Å². The number of alkyl carbamates (subject to hydrolysis) is 1. The molecule has 0 saturated carbocycles. The smallest absolute Gasteiger partial charge is 0.407 e. The Hall–Kier alpha value is -2.04. The largest absolute Gasteiger partial charge is 0.444 e. The molecular formula is C17H28N2O3. The van der Waals surface area contributed by atoms with Gasteiger partial charge < -0.3 is 15.4 Å². The first-order valence-corrected chi connectivity index (χ1v) is 7.59. The van der Waals surface area contributed by atoms with E-state index < -0.39 is 11.7 Å². The molecule has 0 atom stereocenters. The summed E-state index contributed by atoms with van der Waals surface area (Å²) in [5.74, 6) is -0.156. The van der Waals surface area contributed by atoms with E-state index in [2.05, 4.69) is 10.6 Å². The third-order valence-corrected chi connectivity index (χ3v) is 2.39. The van der Waals surface area contributed by atoms with Gasteiger partial charge in [0.1, 0.15) is 5.60 Å². The average Bonchev–Trinajstić information content (AvgIpc) is 2.44. The Labute approximate surface area is 133 Å². The molecule has 0 saturated heterocycles. The molecule has 0 aliphatic rings. The quantitative estimate of drug-likeness (QED) is 0.839. The molecular weight excluding hydrogens is 280 g/mol. The standard InChI is InChI=1S/C15H22N2O3.C2H6/c1-11-5-7-12(8-6-11)13(18)16-9-10-17-14(19)20-15(2,3)4;1-2/h5-8H,9-10H2,1-4H3,(H,16,18)(H,17,19);1-2H3. The Morgan fingerprint density at radius 1 is 1.00 bits per heavy atom. The van der Waals surface area contributed by atoms with Crippen LogP contribution in [0.2, 0.25) is 0 Å². The Morgan fingerprint density at radius 2 is 1.50 bits per heavy atom. The number of ether oxygens (including phenoxy) is 1. The highest BCUT2D eigenvalue weighted by Gasteiger charge is 2.15. The summed E-state index contributed by atoms with van der Waals surface area (Å²) in [6.45, 7) is 12.0. The van der Waals surface area contributed by atoms with Crippen LogP contribution < -0.4 is 10.6 Å². The molecule has 0 bridgehead atoms. The number of amides is 2. The highest BCUT2D eigenvalue weighted by molar-refractivity contribution is 5.94. The minimum absolute atomic E-state index is 0.156. The summed E-state index contributed by atoms with van der Waals surface area (Å²) in [7, 11) is 0. The van der Waals surface area contributed by atoms with Crippen molar-refractivity contribution in [1.82, 2.24) is 10.6 Å². The number of carbonyl (C=O) groups excluding carboxylic acids is 2. The first-order valence-electron chi connectivity index (χ1n) is 7.59. The zero-order valence-electron chi connectivity index (χ0n) is 14.4. The predicted molar refractivity (Wildman–Crippen MR) is 89.1 cm³/mol. The lowest BCUT2D eigenvalue weighted by atomic mass is 10.1. The van der Waals surface area contributed by atoms with Gasteiger partial charge in [0, 0.05) is 18.7 Å². The molecule has 124 valence electrons. The van der Waals surface area contributed by atoms with E-state index in [1.807, 2.05) is 32.9 Å². The van der Waals surface area contributed by atoms with Crippen LogP contribution in [-0.4, -0.2) is 30.7 Å². The van der Waals surface area contributed by atoms with Gasteiger partial charge in [-0.1, -0.05) is 31.5 Å². The number of hydrogen-bond acceptors (Lipinski definition) is 3. The summed E-state index contributed by atoms with van der Waals surface area (Å²) in [5, 5.41) is 5.31. The normalized spacial score (nSPS) is 10.1. The Kier molecular flexibility index (Phi) is 8.91. The molecule has 0 aliphatic carbocycles. The molecule has 0 radical (unpaired) electrons. The maximum atomic E-state index is 11.8. The fourth-order valence-corrected chi connectivity index (χ4v) is 1.46. The van der Waals surface area contributed by atoms with E-state index in [4.69, 9.17) is 4.74 Å². The summed E-state index contributed by atoms with van der Waals surface area (Å²) >= 11 is 0. The van der Waals surface area contributed by atoms with E-state index in [1.54, 1.807) is 32.9 Å². The van der Waals surface area contributed by atoms with Crippen LogP contribution in [0.25, 0.3) is 0 Å². The topological polar surface area (TPSA) is 67.4 Å². The number of hydrogen-bond donors (Lipinski definition) is 2. The molecule has 2 amide bonds. The van der Waals surface area contributed by atoms with Gasteiger partial charge in [-0.25, -0.2) is 4.79 Å². The minimum Gasteiger partial charge on any atom is -0.444 e. The summed E-state index contributed by atoms with van der Waals surface area (Å²) in [4.78, 5) is 23.1. The lowest BCUT2D eigenvalue weighted by Gasteiger charge is -2.19. The lowest BCUT2D eigenvalue weighted by Crippen LogP contribution is -2.37. The van der Waals surface area contributed by atoms with E-state index in [0.29, 0.717) is 18.7 Å². The van der Waals surface area contributed by atoms with Crippen LogP contribution in [0.3, 0.4) is 0 Å². The number of benzene rings is 1. The third-order valence-electron chi connectivity index (χ3n) is 2.39. The molecule has 1 rings (SSSR count). The van der Waals surface area contributed by atoms with Crippen molar-refractivity contribution in [1.29, 1.82) is 0 Å². The fourth-order valence-electron chi connectivity index (χ4n) is 1.46. The Morgan fingerprint density at radius 3 is 2.00 bits per heavy atom. The summed E-state index contributed by atoms with van der Waals surface area (Å²) < 4.78 is 5.08. The van der Waals surface area contributed by atoms with Crippen LogP contribution in [-0.2, 0) is 4.74 Å². The third kappa shape index (κ3) is 9.00. The molecule has 0 aliphatic heterocycles. The predicted octanol–water partition coefficient (Wildman–Crippen LogP) is 3.28. The molecule has 5 nitrogen and oxygen atoms in total. The molecule has 2 N–H and O–H groups in total. The first kappa shape index (κ1) is 20.0. The first-order chi connectivity index (χ1) is 10.3. The molecule has 1 aromatic rings. The number of aryl methyl sites for hydroxylation is 1. The molecule has 0 aromatic heterocycles. The monoisotopic (exact) mass is 308 g/mol. The van der Waals surface area contributed by atoms with Crippen LogP contribution in [0.1, 0.15) is 50.5 Å². The van der Waals surface area contributed by atoms with Crippen molar-refractivity contribution in [2.24, 2.45) is 0 Å². The molecule has 0 unspecified atom stereocenters. The second-order valence-electron chi connectivity index (χ2n) is 5.55. The van der Waals surface area contributed by atoms with Crippen molar-refractivity contribution in [3.8, 4) is 0 Å². The summed E-state index contributed by atoms with van der Waals surface area (Å²) in [6.07, 6.45) is -0.484. The molecule has 0 heterocycles. The van der Waals surface area contributed by atoms with E-state index >= 15 is 0 Å². The Bertz CT molecular complexity index is 462. The van der Waals surface area contributed by atoms with Gasteiger partial charge in [-0.15, -0.1) is 0 Å². The van der Waals surface area contributed by atoms with Gasteiger partial charge in [-0.2, -0.15) is 0 Å². The second-order valence-corrected chi connectivity index (χ2v) is 5.55. The lowest BCUT2D eigenvalue weighted by molar-refractivity contribution is 0.0526.